The maximum Gasteiger partial charge on any atom is 0.269 e. The summed E-state index contributed by atoms with van der Waals surface area (Å²) in [4.78, 5) is 22.8. The van der Waals surface area contributed by atoms with E-state index in [1.165, 1.54) is 30.0 Å². The number of carbonyl (C=O) groups excluding carboxylic acids is 1. The Labute approximate surface area is 184 Å². The van der Waals surface area contributed by atoms with Crippen molar-refractivity contribution in [2.24, 2.45) is 0 Å². The number of aryl methyl sites for hydroxylation is 1. The highest BCUT2D eigenvalue weighted by molar-refractivity contribution is 7.99. The molecule has 3 aromatic rings. The molecule has 3 rings (SSSR count). The van der Waals surface area contributed by atoms with Gasteiger partial charge in [0.05, 0.1) is 10.7 Å². The van der Waals surface area contributed by atoms with Crippen LogP contribution in [0.1, 0.15) is 31.3 Å². The SMILES string of the molecule is CCn1c(SCC(=O)Nc2ccc([N+](=O)[O-])cc2C)nnc1[C@H](C)Oc1ccccc1. The van der Waals surface area contributed by atoms with Crippen LogP contribution in [0.4, 0.5) is 11.4 Å². The zero-order chi connectivity index (χ0) is 22.4. The Morgan fingerprint density at radius 1 is 1.26 bits per heavy atom. The molecule has 0 aliphatic rings. The third kappa shape index (κ3) is 5.60. The number of para-hydroxylation sites is 1. The molecule has 31 heavy (non-hydrogen) atoms. The average Bonchev–Trinajstić information content (AvgIpc) is 3.17. The lowest BCUT2D eigenvalue weighted by Crippen LogP contribution is -2.16. The summed E-state index contributed by atoms with van der Waals surface area (Å²) in [5.74, 6) is 1.32. The minimum absolute atomic E-state index is 0.0136. The number of thioether (sulfide) groups is 1. The zero-order valence-electron chi connectivity index (χ0n) is 17.4. The van der Waals surface area contributed by atoms with Crippen LogP contribution in [-0.4, -0.2) is 31.3 Å². The topological polar surface area (TPSA) is 112 Å². The number of benzene rings is 2. The maximum atomic E-state index is 12.4. The minimum Gasteiger partial charge on any atom is -0.483 e. The Bertz CT molecular complexity index is 1070. The van der Waals surface area contributed by atoms with Crippen LogP contribution in [-0.2, 0) is 11.3 Å². The maximum absolute atomic E-state index is 12.4. The van der Waals surface area contributed by atoms with E-state index in [4.69, 9.17) is 4.74 Å². The fraction of sp³-hybridized carbons (Fsp3) is 0.286. The van der Waals surface area contributed by atoms with Crippen LogP contribution in [0.2, 0.25) is 0 Å². The number of anilines is 1. The number of rotatable bonds is 9. The average molecular weight is 442 g/mol. The van der Waals surface area contributed by atoms with Gasteiger partial charge in [0, 0.05) is 24.4 Å². The molecule has 0 unspecified atom stereocenters. The minimum atomic E-state index is -0.466. The van der Waals surface area contributed by atoms with Crippen LogP contribution < -0.4 is 10.1 Å². The Kier molecular flexibility index (Phi) is 7.24. The van der Waals surface area contributed by atoms with Crippen LogP contribution in [0.5, 0.6) is 5.75 Å². The summed E-state index contributed by atoms with van der Waals surface area (Å²) in [6, 6.07) is 13.8. The lowest BCUT2D eigenvalue weighted by molar-refractivity contribution is -0.384. The Balaban J connectivity index is 1.62. The van der Waals surface area contributed by atoms with Gasteiger partial charge in [0.1, 0.15) is 5.75 Å². The molecule has 0 spiro atoms. The van der Waals surface area contributed by atoms with E-state index in [0.29, 0.717) is 28.8 Å². The van der Waals surface area contributed by atoms with Gasteiger partial charge in [-0.1, -0.05) is 30.0 Å². The first-order chi connectivity index (χ1) is 14.9. The zero-order valence-corrected chi connectivity index (χ0v) is 18.3. The number of nitro benzene ring substituents is 1. The van der Waals surface area contributed by atoms with E-state index < -0.39 is 4.92 Å². The highest BCUT2D eigenvalue weighted by atomic mass is 32.2. The number of nitrogens with zero attached hydrogens (tertiary/aromatic N) is 4. The number of nitrogens with one attached hydrogen (secondary N) is 1. The molecule has 0 aliphatic heterocycles. The van der Waals surface area contributed by atoms with Crippen molar-refractivity contribution < 1.29 is 14.5 Å². The van der Waals surface area contributed by atoms with Crippen molar-refractivity contribution in [3.05, 3.63) is 70.0 Å². The van der Waals surface area contributed by atoms with Crippen LogP contribution in [0.15, 0.2) is 53.7 Å². The predicted octanol–water partition coefficient (Wildman–Crippen LogP) is 4.39. The largest absolute Gasteiger partial charge is 0.483 e. The first-order valence-electron chi connectivity index (χ1n) is 9.71. The smallest absolute Gasteiger partial charge is 0.269 e. The van der Waals surface area contributed by atoms with Crippen molar-refractivity contribution in [2.75, 3.05) is 11.1 Å². The van der Waals surface area contributed by atoms with Crippen molar-refractivity contribution in [3.63, 3.8) is 0 Å². The lowest BCUT2D eigenvalue weighted by Gasteiger charge is -2.15. The second kappa shape index (κ2) is 10.1. The molecule has 0 aliphatic carbocycles. The Morgan fingerprint density at radius 3 is 2.65 bits per heavy atom. The van der Waals surface area contributed by atoms with E-state index in [-0.39, 0.29) is 23.5 Å². The van der Waals surface area contributed by atoms with Gasteiger partial charge in [0.2, 0.25) is 5.91 Å². The molecule has 0 fully saturated rings. The molecule has 162 valence electrons. The highest BCUT2D eigenvalue weighted by Crippen LogP contribution is 2.25. The summed E-state index contributed by atoms with van der Waals surface area (Å²) in [5.41, 5.74) is 1.15. The number of carbonyl (C=O) groups is 1. The molecule has 1 aromatic heterocycles. The molecule has 0 saturated heterocycles. The normalized spacial score (nSPS) is 11.7. The van der Waals surface area contributed by atoms with Crippen molar-refractivity contribution in [1.82, 2.24) is 14.8 Å². The van der Waals surface area contributed by atoms with E-state index in [2.05, 4.69) is 15.5 Å². The van der Waals surface area contributed by atoms with E-state index in [1.807, 2.05) is 48.7 Å². The number of hydrogen-bond donors (Lipinski definition) is 1. The van der Waals surface area contributed by atoms with Gasteiger partial charge in [-0.15, -0.1) is 10.2 Å². The number of nitro groups is 1. The van der Waals surface area contributed by atoms with Gasteiger partial charge in [-0.25, -0.2) is 0 Å². The highest BCUT2D eigenvalue weighted by Gasteiger charge is 2.19. The molecule has 0 saturated carbocycles. The summed E-state index contributed by atoms with van der Waals surface area (Å²) < 4.78 is 7.86. The fourth-order valence-corrected chi connectivity index (χ4v) is 3.79. The van der Waals surface area contributed by atoms with Crippen LogP contribution in [0.3, 0.4) is 0 Å². The van der Waals surface area contributed by atoms with Crippen LogP contribution in [0, 0.1) is 17.0 Å². The molecule has 1 N–H and O–H groups in total. The predicted molar refractivity (Wildman–Crippen MR) is 118 cm³/mol. The van der Waals surface area contributed by atoms with Gasteiger partial charge in [-0.3, -0.25) is 14.9 Å². The summed E-state index contributed by atoms with van der Waals surface area (Å²) in [5, 5.41) is 22.7. The van der Waals surface area contributed by atoms with Gasteiger partial charge in [0.25, 0.3) is 5.69 Å². The monoisotopic (exact) mass is 441 g/mol. The molecule has 10 heteroatoms. The van der Waals surface area contributed by atoms with Gasteiger partial charge >= 0.3 is 0 Å². The molecule has 0 bridgehead atoms. The first-order valence-corrected chi connectivity index (χ1v) is 10.7. The summed E-state index contributed by atoms with van der Waals surface area (Å²) in [6.07, 6.45) is -0.305. The molecule has 9 nitrogen and oxygen atoms in total. The van der Waals surface area contributed by atoms with E-state index >= 15 is 0 Å². The van der Waals surface area contributed by atoms with Crippen molar-refractivity contribution in [3.8, 4) is 5.75 Å². The number of hydrogen-bond acceptors (Lipinski definition) is 7. The summed E-state index contributed by atoms with van der Waals surface area (Å²) in [7, 11) is 0. The van der Waals surface area contributed by atoms with Gasteiger partial charge < -0.3 is 14.6 Å². The lowest BCUT2D eigenvalue weighted by atomic mass is 10.2. The standard InChI is InChI=1S/C21H23N5O4S/c1-4-25-20(15(3)30-17-8-6-5-7-9-17)23-24-21(25)31-13-19(27)22-18-11-10-16(26(28)29)12-14(18)2/h5-12,15H,4,13H2,1-3H3,(H,22,27)/t15-/m0/s1. The Morgan fingerprint density at radius 2 is 2.00 bits per heavy atom. The number of ether oxygens (including phenoxy) is 1. The number of non-ortho nitro benzene ring substituents is 1. The summed E-state index contributed by atoms with van der Waals surface area (Å²) >= 11 is 1.27. The van der Waals surface area contributed by atoms with Crippen LogP contribution in [0.25, 0.3) is 0 Å². The molecule has 1 atom stereocenters. The molecular weight excluding hydrogens is 418 g/mol. The second-order valence-corrected chi connectivity index (χ2v) is 7.69. The second-order valence-electron chi connectivity index (χ2n) is 6.75. The number of aromatic nitrogens is 3. The van der Waals surface area contributed by atoms with Gasteiger partial charge in [-0.05, 0) is 44.5 Å². The fourth-order valence-electron chi connectivity index (χ4n) is 2.98. The van der Waals surface area contributed by atoms with E-state index in [0.717, 1.165) is 5.75 Å². The first kappa shape index (κ1) is 22.3. The van der Waals surface area contributed by atoms with Gasteiger partial charge in [-0.2, -0.15) is 0 Å². The quantitative estimate of drug-likeness (QED) is 0.298. The van der Waals surface area contributed by atoms with Crippen molar-refractivity contribution in [1.29, 1.82) is 0 Å². The molecule has 2 aromatic carbocycles. The van der Waals surface area contributed by atoms with E-state index in [1.54, 1.807) is 6.92 Å². The van der Waals surface area contributed by atoms with Crippen LogP contribution >= 0.6 is 11.8 Å². The van der Waals surface area contributed by atoms with E-state index in [9.17, 15) is 14.9 Å². The molecular formula is C21H23N5O4S. The van der Waals surface area contributed by atoms with Crippen molar-refractivity contribution >= 4 is 29.0 Å². The summed E-state index contributed by atoms with van der Waals surface area (Å²) in [6.45, 7) is 6.23. The van der Waals surface area contributed by atoms with Crippen molar-refractivity contribution in [2.45, 2.75) is 38.6 Å². The Hall–Kier alpha value is -3.40. The number of amides is 1. The molecule has 1 amide bonds. The molecule has 0 radical (unpaired) electrons. The van der Waals surface area contributed by atoms with Gasteiger partial charge in [0.15, 0.2) is 17.1 Å². The third-order valence-corrected chi connectivity index (χ3v) is 5.48. The third-order valence-electron chi connectivity index (χ3n) is 4.51. The molecule has 1 heterocycles.